The molecule has 0 aromatic carbocycles. The number of carbonyl (C=O) groups is 2. The topological polar surface area (TPSA) is 85.1 Å². The third-order valence-corrected chi connectivity index (χ3v) is 2.41. The van der Waals surface area contributed by atoms with Crippen molar-refractivity contribution in [3.63, 3.8) is 0 Å². The van der Waals surface area contributed by atoms with Crippen LogP contribution in [0.3, 0.4) is 0 Å². The van der Waals surface area contributed by atoms with Crippen molar-refractivity contribution >= 4 is 17.5 Å². The maximum Gasteiger partial charge on any atom is 0.228 e. The van der Waals surface area contributed by atoms with Crippen molar-refractivity contribution in [2.24, 2.45) is 11.7 Å². The van der Waals surface area contributed by atoms with Crippen molar-refractivity contribution in [1.82, 2.24) is 4.98 Å². The summed E-state index contributed by atoms with van der Waals surface area (Å²) in [4.78, 5) is 26.4. The lowest BCUT2D eigenvalue weighted by Crippen LogP contribution is -2.33. The number of nitrogens with one attached hydrogen (secondary N) is 1. The van der Waals surface area contributed by atoms with Crippen LogP contribution in [0.2, 0.25) is 0 Å². The first kappa shape index (κ1) is 9.64. The molecule has 2 amide bonds. The molecule has 1 atom stereocenters. The molecule has 0 aliphatic carbocycles. The Labute approximate surface area is 86.7 Å². The van der Waals surface area contributed by atoms with E-state index < -0.39 is 5.91 Å². The molecule has 0 fully saturated rings. The van der Waals surface area contributed by atoms with E-state index in [4.69, 9.17) is 5.73 Å². The van der Waals surface area contributed by atoms with Gasteiger partial charge in [-0.3, -0.25) is 14.6 Å². The number of pyridine rings is 1. The van der Waals surface area contributed by atoms with Crippen LogP contribution in [-0.4, -0.2) is 16.8 Å². The second-order valence-corrected chi connectivity index (χ2v) is 3.56. The van der Waals surface area contributed by atoms with Gasteiger partial charge in [-0.25, -0.2) is 0 Å². The number of hydrogen-bond acceptors (Lipinski definition) is 3. The standard InChI is InChI=1S/C10H11N3O2/c11-9(14)5-6-4-8-7(13-10(6)15)2-1-3-12-8/h1-3,6H,4-5H2,(H2,11,14)(H,13,15). The highest BCUT2D eigenvalue weighted by molar-refractivity contribution is 5.97. The summed E-state index contributed by atoms with van der Waals surface area (Å²) in [6, 6.07) is 3.55. The highest BCUT2D eigenvalue weighted by atomic mass is 16.2. The van der Waals surface area contributed by atoms with Gasteiger partial charge in [0, 0.05) is 19.0 Å². The molecule has 0 saturated carbocycles. The van der Waals surface area contributed by atoms with E-state index in [-0.39, 0.29) is 18.2 Å². The van der Waals surface area contributed by atoms with E-state index in [1.807, 2.05) is 0 Å². The Kier molecular flexibility index (Phi) is 2.37. The van der Waals surface area contributed by atoms with Gasteiger partial charge in [-0.05, 0) is 12.1 Å². The van der Waals surface area contributed by atoms with Crippen LogP contribution in [0.5, 0.6) is 0 Å². The largest absolute Gasteiger partial charge is 0.370 e. The first-order valence-corrected chi connectivity index (χ1v) is 4.70. The first-order chi connectivity index (χ1) is 7.16. The summed E-state index contributed by atoms with van der Waals surface area (Å²) in [5.74, 6) is -1.01. The fourth-order valence-electron chi connectivity index (χ4n) is 1.68. The highest BCUT2D eigenvalue weighted by Crippen LogP contribution is 2.24. The molecule has 3 N–H and O–H groups in total. The molecule has 15 heavy (non-hydrogen) atoms. The molecule has 5 nitrogen and oxygen atoms in total. The predicted octanol–water partition coefficient (Wildman–Crippen LogP) is 0.0678. The predicted molar refractivity (Wildman–Crippen MR) is 53.9 cm³/mol. The van der Waals surface area contributed by atoms with E-state index >= 15 is 0 Å². The third kappa shape index (κ3) is 1.96. The van der Waals surface area contributed by atoms with Crippen LogP contribution in [0.4, 0.5) is 5.69 Å². The van der Waals surface area contributed by atoms with Crippen LogP contribution < -0.4 is 11.1 Å². The van der Waals surface area contributed by atoms with Crippen molar-refractivity contribution < 1.29 is 9.59 Å². The Morgan fingerprint density at radius 3 is 3.20 bits per heavy atom. The van der Waals surface area contributed by atoms with E-state index in [1.165, 1.54) is 0 Å². The Bertz CT molecular complexity index is 417. The van der Waals surface area contributed by atoms with Gasteiger partial charge in [0.1, 0.15) is 0 Å². The molecule has 1 aliphatic rings. The fourth-order valence-corrected chi connectivity index (χ4v) is 1.68. The molecule has 0 radical (unpaired) electrons. The number of hydrogen-bond donors (Lipinski definition) is 2. The molecule has 1 aromatic rings. The smallest absolute Gasteiger partial charge is 0.228 e. The van der Waals surface area contributed by atoms with Crippen LogP contribution in [0, 0.1) is 5.92 Å². The highest BCUT2D eigenvalue weighted by Gasteiger charge is 2.27. The van der Waals surface area contributed by atoms with Crippen molar-refractivity contribution in [3.8, 4) is 0 Å². The molecular formula is C10H11N3O2. The van der Waals surface area contributed by atoms with Gasteiger partial charge in [0.05, 0.1) is 17.3 Å². The number of aromatic nitrogens is 1. The molecule has 1 aromatic heterocycles. The quantitative estimate of drug-likeness (QED) is 0.716. The van der Waals surface area contributed by atoms with Crippen molar-refractivity contribution in [2.75, 3.05) is 5.32 Å². The molecule has 2 rings (SSSR count). The zero-order chi connectivity index (χ0) is 10.8. The number of anilines is 1. The Balaban J connectivity index is 2.22. The van der Waals surface area contributed by atoms with E-state index in [9.17, 15) is 9.59 Å². The SMILES string of the molecule is NC(=O)CC1Cc2ncccc2NC1=O. The number of amides is 2. The Morgan fingerprint density at radius 1 is 1.67 bits per heavy atom. The van der Waals surface area contributed by atoms with E-state index in [1.54, 1.807) is 18.3 Å². The van der Waals surface area contributed by atoms with Gasteiger partial charge in [-0.1, -0.05) is 0 Å². The maximum atomic E-state index is 11.5. The van der Waals surface area contributed by atoms with Gasteiger partial charge in [-0.2, -0.15) is 0 Å². The van der Waals surface area contributed by atoms with Gasteiger partial charge in [-0.15, -0.1) is 0 Å². The lowest BCUT2D eigenvalue weighted by Gasteiger charge is -2.22. The summed E-state index contributed by atoms with van der Waals surface area (Å²) in [7, 11) is 0. The molecule has 0 saturated heterocycles. The molecule has 0 bridgehead atoms. The molecule has 1 unspecified atom stereocenters. The summed E-state index contributed by atoms with van der Waals surface area (Å²) in [5, 5.41) is 2.71. The van der Waals surface area contributed by atoms with Crippen molar-refractivity contribution in [2.45, 2.75) is 12.8 Å². The number of fused-ring (bicyclic) bond motifs is 1. The Morgan fingerprint density at radius 2 is 2.47 bits per heavy atom. The molecule has 0 spiro atoms. The number of nitrogens with zero attached hydrogens (tertiary/aromatic N) is 1. The zero-order valence-electron chi connectivity index (χ0n) is 8.06. The lowest BCUT2D eigenvalue weighted by atomic mass is 9.93. The van der Waals surface area contributed by atoms with Gasteiger partial charge in [0.25, 0.3) is 0 Å². The van der Waals surface area contributed by atoms with Crippen molar-refractivity contribution in [3.05, 3.63) is 24.0 Å². The maximum absolute atomic E-state index is 11.5. The minimum Gasteiger partial charge on any atom is -0.370 e. The molecule has 2 heterocycles. The summed E-state index contributed by atoms with van der Waals surface area (Å²) in [5.41, 5.74) is 6.60. The summed E-state index contributed by atoms with van der Waals surface area (Å²) in [6.07, 6.45) is 2.21. The number of rotatable bonds is 2. The number of nitrogens with two attached hydrogens (primary N) is 1. The molecule has 5 heteroatoms. The number of carbonyl (C=O) groups excluding carboxylic acids is 2. The average molecular weight is 205 g/mol. The van der Waals surface area contributed by atoms with E-state index in [0.29, 0.717) is 6.42 Å². The van der Waals surface area contributed by atoms with Gasteiger partial charge < -0.3 is 11.1 Å². The summed E-state index contributed by atoms with van der Waals surface area (Å²) < 4.78 is 0. The van der Waals surface area contributed by atoms with Gasteiger partial charge >= 0.3 is 0 Å². The van der Waals surface area contributed by atoms with E-state index in [2.05, 4.69) is 10.3 Å². The summed E-state index contributed by atoms with van der Waals surface area (Å²) in [6.45, 7) is 0. The Hall–Kier alpha value is -1.91. The third-order valence-electron chi connectivity index (χ3n) is 2.41. The van der Waals surface area contributed by atoms with Crippen LogP contribution in [0.25, 0.3) is 0 Å². The van der Waals surface area contributed by atoms with Crippen molar-refractivity contribution in [1.29, 1.82) is 0 Å². The molecule has 78 valence electrons. The number of primary amides is 1. The van der Waals surface area contributed by atoms with Crippen LogP contribution >= 0.6 is 0 Å². The van der Waals surface area contributed by atoms with Crippen LogP contribution in [-0.2, 0) is 16.0 Å². The average Bonchev–Trinajstić information content (AvgIpc) is 2.18. The minimum absolute atomic E-state index is 0.0713. The fraction of sp³-hybridized carbons (Fsp3) is 0.300. The second kappa shape index (κ2) is 3.68. The molecule has 1 aliphatic heterocycles. The minimum atomic E-state index is -0.463. The molecular weight excluding hydrogens is 194 g/mol. The van der Waals surface area contributed by atoms with Crippen LogP contribution in [0.15, 0.2) is 18.3 Å². The van der Waals surface area contributed by atoms with Crippen LogP contribution in [0.1, 0.15) is 12.1 Å². The zero-order valence-corrected chi connectivity index (χ0v) is 8.06. The first-order valence-electron chi connectivity index (χ1n) is 4.70. The monoisotopic (exact) mass is 205 g/mol. The normalized spacial score (nSPS) is 19.2. The van der Waals surface area contributed by atoms with Gasteiger partial charge in [0.2, 0.25) is 11.8 Å². The second-order valence-electron chi connectivity index (χ2n) is 3.56. The lowest BCUT2D eigenvalue weighted by molar-refractivity contribution is -0.126. The van der Waals surface area contributed by atoms with Gasteiger partial charge in [0.15, 0.2) is 0 Å². The summed E-state index contributed by atoms with van der Waals surface area (Å²) >= 11 is 0. The van der Waals surface area contributed by atoms with E-state index in [0.717, 1.165) is 11.4 Å².